The second-order valence-corrected chi connectivity index (χ2v) is 4.78. The van der Waals surface area contributed by atoms with E-state index in [4.69, 9.17) is 5.26 Å². The minimum absolute atomic E-state index is 0.0209. The standard InChI is InChI=1S/C12H19N3O/c13-8-9-4-3-6-10(9)15-12(16)11-5-1-2-7-14-11/h9-11,14H,1-7H2,(H,15,16)/t9?,10?,11-/m1/s1. The summed E-state index contributed by atoms with van der Waals surface area (Å²) in [6.45, 7) is 0.935. The molecule has 0 spiro atoms. The van der Waals surface area contributed by atoms with E-state index in [1.54, 1.807) is 0 Å². The number of nitrogens with zero attached hydrogens (tertiary/aromatic N) is 1. The number of hydrogen-bond acceptors (Lipinski definition) is 3. The third-order valence-corrected chi connectivity index (χ3v) is 3.64. The zero-order valence-corrected chi connectivity index (χ0v) is 9.54. The first kappa shape index (κ1) is 11.4. The Balaban J connectivity index is 1.84. The quantitative estimate of drug-likeness (QED) is 0.729. The number of rotatable bonds is 2. The van der Waals surface area contributed by atoms with Crippen LogP contribution in [0.2, 0.25) is 0 Å². The molecule has 3 atom stereocenters. The van der Waals surface area contributed by atoms with Crippen LogP contribution < -0.4 is 10.6 Å². The summed E-state index contributed by atoms with van der Waals surface area (Å²) in [5, 5.41) is 15.2. The molecule has 0 aromatic heterocycles. The lowest BCUT2D eigenvalue weighted by atomic mass is 10.0. The number of nitriles is 1. The monoisotopic (exact) mass is 221 g/mol. The normalized spacial score (nSPS) is 34.3. The third-order valence-electron chi connectivity index (χ3n) is 3.64. The van der Waals surface area contributed by atoms with Gasteiger partial charge in [0.2, 0.25) is 5.91 Å². The van der Waals surface area contributed by atoms with E-state index in [-0.39, 0.29) is 23.9 Å². The molecule has 1 saturated heterocycles. The highest BCUT2D eigenvalue weighted by Gasteiger charge is 2.30. The van der Waals surface area contributed by atoms with Crippen LogP contribution in [0.25, 0.3) is 0 Å². The maximum absolute atomic E-state index is 11.9. The van der Waals surface area contributed by atoms with Crippen LogP contribution in [-0.4, -0.2) is 24.5 Å². The molecule has 16 heavy (non-hydrogen) atoms. The summed E-state index contributed by atoms with van der Waals surface area (Å²) in [4.78, 5) is 11.9. The number of nitrogens with one attached hydrogen (secondary N) is 2. The number of hydrogen-bond donors (Lipinski definition) is 2. The average Bonchev–Trinajstić information content (AvgIpc) is 2.77. The van der Waals surface area contributed by atoms with Crippen molar-refractivity contribution in [3.8, 4) is 6.07 Å². The van der Waals surface area contributed by atoms with Crippen LogP contribution in [0.3, 0.4) is 0 Å². The van der Waals surface area contributed by atoms with E-state index in [1.165, 1.54) is 0 Å². The van der Waals surface area contributed by atoms with Crippen molar-refractivity contribution in [3.63, 3.8) is 0 Å². The summed E-state index contributed by atoms with van der Waals surface area (Å²) >= 11 is 0. The van der Waals surface area contributed by atoms with E-state index in [9.17, 15) is 4.79 Å². The summed E-state index contributed by atoms with van der Waals surface area (Å²) in [7, 11) is 0. The Bertz CT molecular complexity index is 291. The summed E-state index contributed by atoms with van der Waals surface area (Å²) in [6, 6.07) is 2.34. The first-order valence-electron chi connectivity index (χ1n) is 6.24. The Morgan fingerprint density at radius 1 is 1.25 bits per heavy atom. The smallest absolute Gasteiger partial charge is 0.237 e. The molecule has 1 heterocycles. The van der Waals surface area contributed by atoms with Crippen LogP contribution in [-0.2, 0) is 4.79 Å². The summed E-state index contributed by atoms with van der Waals surface area (Å²) < 4.78 is 0. The molecule has 2 rings (SSSR count). The highest BCUT2D eigenvalue weighted by Crippen LogP contribution is 2.25. The van der Waals surface area contributed by atoms with Crippen molar-refractivity contribution in [1.29, 1.82) is 5.26 Å². The van der Waals surface area contributed by atoms with Gasteiger partial charge in [0, 0.05) is 6.04 Å². The molecule has 2 fully saturated rings. The summed E-state index contributed by atoms with van der Waals surface area (Å²) in [5.41, 5.74) is 0. The maximum Gasteiger partial charge on any atom is 0.237 e. The van der Waals surface area contributed by atoms with Crippen molar-refractivity contribution in [2.24, 2.45) is 5.92 Å². The molecule has 1 aliphatic heterocycles. The highest BCUT2D eigenvalue weighted by molar-refractivity contribution is 5.82. The number of carbonyl (C=O) groups excluding carboxylic acids is 1. The fourth-order valence-electron chi connectivity index (χ4n) is 2.65. The van der Waals surface area contributed by atoms with E-state index in [0.29, 0.717) is 0 Å². The van der Waals surface area contributed by atoms with Gasteiger partial charge in [0.25, 0.3) is 0 Å². The van der Waals surface area contributed by atoms with Crippen LogP contribution in [0.1, 0.15) is 38.5 Å². The molecule has 4 nitrogen and oxygen atoms in total. The number of piperidine rings is 1. The maximum atomic E-state index is 11.9. The molecule has 0 radical (unpaired) electrons. The van der Waals surface area contributed by atoms with Crippen LogP contribution >= 0.6 is 0 Å². The Kier molecular flexibility index (Phi) is 3.79. The SMILES string of the molecule is N#CC1CCCC1NC(=O)[C@H]1CCCCN1. The van der Waals surface area contributed by atoms with Crippen molar-refractivity contribution < 1.29 is 4.79 Å². The predicted molar refractivity (Wildman–Crippen MR) is 60.5 cm³/mol. The Morgan fingerprint density at radius 2 is 2.12 bits per heavy atom. The first-order valence-corrected chi connectivity index (χ1v) is 6.24. The van der Waals surface area contributed by atoms with Gasteiger partial charge in [0.1, 0.15) is 0 Å². The molecule has 88 valence electrons. The second kappa shape index (κ2) is 5.31. The van der Waals surface area contributed by atoms with Crippen LogP contribution in [0.5, 0.6) is 0 Å². The largest absolute Gasteiger partial charge is 0.351 e. The minimum atomic E-state index is -0.0336. The predicted octanol–water partition coefficient (Wildman–Crippen LogP) is 0.937. The average molecular weight is 221 g/mol. The molecule has 0 aromatic rings. The lowest BCUT2D eigenvalue weighted by Gasteiger charge is -2.25. The molecule has 1 saturated carbocycles. The van der Waals surface area contributed by atoms with Gasteiger partial charge in [0.15, 0.2) is 0 Å². The van der Waals surface area contributed by atoms with E-state index in [0.717, 1.165) is 45.1 Å². The van der Waals surface area contributed by atoms with Gasteiger partial charge in [-0.3, -0.25) is 4.79 Å². The van der Waals surface area contributed by atoms with Gasteiger partial charge in [-0.1, -0.05) is 6.42 Å². The summed E-state index contributed by atoms with van der Waals surface area (Å²) in [5.74, 6) is 0.111. The Morgan fingerprint density at radius 3 is 2.81 bits per heavy atom. The zero-order valence-electron chi connectivity index (χ0n) is 9.54. The molecule has 2 unspecified atom stereocenters. The van der Waals surface area contributed by atoms with Crippen LogP contribution in [0.4, 0.5) is 0 Å². The molecule has 1 aliphatic carbocycles. The van der Waals surface area contributed by atoms with E-state index < -0.39 is 0 Å². The van der Waals surface area contributed by atoms with Gasteiger partial charge in [-0.05, 0) is 38.6 Å². The van der Waals surface area contributed by atoms with E-state index in [1.807, 2.05) is 0 Å². The van der Waals surface area contributed by atoms with E-state index >= 15 is 0 Å². The zero-order chi connectivity index (χ0) is 11.4. The van der Waals surface area contributed by atoms with Gasteiger partial charge in [-0.2, -0.15) is 5.26 Å². The van der Waals surface area contributed by atoms with Crippen molar-refractivity contribution >= 4 is 5.91 Å². The van der Waals surface area contributed by atoms with Crippen molar-refractivity contribution in [2.75, 3.05) is 6.54 Å². The molecule has 2 N–H and O–H groups in total. The fraction of sp³-hybridized carbons (Fsp3) is 0.833. The number of carbonyl (C=O) groups is 1. The Labute approximate surface area is 96.4 Å². The lowest BCUT2D eigenvalue weighted by molar-refractivity contribution is -0.124. The van der Waals surface area contributed by atoms with E-state index in [2.05, 4.69) is 16.7 Å². The van der Waals surface area contributed by atoms with Gasteiger partial charge in [-0.15, -0.1) is 0 Å². The lowest BCUT2D eigenvalue weighted by Crippen LogP contribution is -2.50. The van der Waals surface area contributed by atoms with Gasteiger partial charge in [0.05, 0.1) is 18.0 Å². The van der Waals surface area contributed by atoms with Crippen molar-refractivity contribution in [3.05, 3.63) is 0 Å². The fourth-order valence-corrected chi connectivity index (χ4v) is 2.65. The number of amides is 1. The molecule has 2 aliphatic rings. The topological polar surface area (TPSA) is 64.9 Å². The Hall–Kier alpha value is -1.08. The van der Waals surface area contributed by atoms with Crippen molar-refractivity contribution in [2.45, 2.75) is 50.6 Å². The summed E-state index contributed by atoms with van der Waals surface area (Å²) in [6.07, 6.45) is 6.15. The van der Waals surface area contributed by atoms with Crippen LogP contribution in [0.15, 0.2) is 0 Å². The van der Waals surface area contributed by atoms with Gasteiger partial charge >= 0.3 is 0 Å². The third kappa shape index (κ3) is 2.53. The first-order chi connectivity index (χ1) is 7.81. The molecular formula is C12H19N3O. The molecule has 1 amide bonds. The van der Waals surface area contributed by atoms with Crippen molar-refractivity contribution in [1.82, 2.24) is 10.6 Å². The van der Waals surface area contributed by atoms with Gasteiger partial charge in [-0.25, -0.2) is 0 Å². The van der Waals surface area contributed by atoms with Gasteiger partial charge < -0.3 is 10.6 Å². The second-order valence-electron chi connectivity index (χ2n) is 4.78. The molecule has 0 aromatic carbocycles. The minimum Gasteiger partial charge on any atom is -0.351 e. The highest BCUT2D eigenvalue weighted by atomic mass is 16.2. The molecule has 0 bridgehead atoms. The molecular weight excluding hydrogens is 202 g/mol. The molecule has 4 heteroatoms. The van der Waals surface area contributed by atoms with Crippen LogP contribution in [0, 0.1) is 17.2 Å².